The van der Waals surface area contributed by atoms with Crippen LogP contribution >= 0.6 is 11.6 Å². The van der Waals surface area contributed by atoms with Crippen LogP contribution in [-0.2, 0) is 4.79 Å². The fourth-order valence-corrected chi connectivity index (χ4v) is 1.97. The van der Waals surface area contributed by atoms with Crippen LogP contribution < -0.4 is 0 Å². The number of nitrogens with zero attached hydrogens (tertiary/aromatic N) is 1. The Hall–Kier alpha value is -1.87. The molecular weight excluding hydrogens is 250 g/mol. The molecule has 1 N–H and O–H groups in total. The first-order valence-electron chi connectivity index (χ1n) is 5.55. The van der Waals surface area contributed by atoms with Crippen molar-refractivity contribution >= 4 is 17.6 Å². The van der Waals surface area contributed by atoms with Crippen molar-refractivity contribution in [2.24, 2.45) is 0 Å². The number of halogens is 1. The molecule has 2 rings (SSSR count). The van der Waals surface area contributed by atoms with Crippen molar-refractivity contribution < 1.29 is 9.90 Å². The Morgan fingerprint density at radius 3 is 2.50 bits per heavy atom. The molecule has 0 amide bonds. The van der Waals surface area contributed by atoms with E-state index in [1.807, 2.05) is 30.3 Å². The van der Waals surface area contributed by atoms with Gasteiger partial charge in [0, 0.05) is 22.8 Å². The van der Waals surface area contributed by atoms with Gasteiger partial charge in [-0.25, -0.2) is 0 Å². The Bertz CT molecular complexity index is 525. The molecule has 1 heterocycles. The van der Waals surface area contributed by atoms with Crippen molar-refractivity contribution in [3.05, 3.63) is 64.9 Å². The predicted molar refractivity (Wildman–Crippen MR) is 69.8 cm³/mol. The second kappa shape index (κ2) is 5.65. The van der Waals surface area contributed by atoms with Gasteiger partial charge in [-0.15, -0.1) is 0 Å². The quantitative estimate of drug-likeness (QED) is 0.918. The fraction of sp³-hybridized carbons (Fsp3) is 0.143. The van der Waals surface area contributed by atoms with Crippen molar-refractivity contribution in [1.82, 2.24) is 4.98 Å². The Morgan fingerprint density at radius 1 is 1.22 bits per heavy atom. The van der Waals surface area contributed by atoms with Crippen LogP contribution in [0.5, 0.6) is 0 Å². The molecule has 0 radical (unpaired) electrons. The monoisotopic (exact) mass is 261 g/mol. The molecule has 0 spiro atoms. The lowest BCUT2D eigenvalue weighted by molar-refractivity contribution is -0.137. The standard InChI is InChI=1S/C14H12ClNO2/c15-11-6-4-10(5-7-11)12(9-14(17)18)13-3-1-2-8-16-13/h1-8,12H,9H2,(H,17,18). The number of pyridine rings is 1. The second-order valence-corrected chi connectivity index (χ2v) is 4.39. The molecule has 0 saturated heterocycles. The van der Waals surface area contributed by atoms with Gasteiger partial charge in [-0.2, -0.15) is 0 Å². The van der Waals surface area contributed by atoms with E-state index in [0.717, 1.165) is 11.3 Å². The van der Waals surface area contributed by atoms with E-state index < -0.39 is 5.97 Å². The zero-order valence-electron chi connectivity index (χ0n) is 9.58. The highest BCUT2D eigenvalue weighted by Crippen LogP contribution is 2.27. The van der Waals surface area contributed by atoms with Crippen LogP contribution in [0, 0.1) is 0 Å². The number of hydrogen-bond donors (Lipinski definition) is 1. The van der Waals surface area contributed by atoms with Crippen LogP contribution in [0.1, 0.15) is 23.6 Å². The molecule has 92 valence electrons. The number of aliphatic carboxylic acids is 1. The predicted octanol–water partition coefficient (Wildman–Crippen LogP) is 3.34. The van der Waals surface area contributed by atoms with Gasteiger partial charge in [-0.3, -0.25) is 9.78 Å². The maximum absolute atomic E-state index is 11.0. The molecule has 2 aromatic rings. The third-order valence-electron chi connectivity index (χ3n) is 2.70. The molecule has 0 aliphatic carbocycles. The highest BCUT2D eigenvalue weighted by atomic mass is 35.5. The number of carboxylic acid groups (broad SMARTS) is 1. The third-order valence-corrected chi connectivity index (χ3v) is 2.95. The van der Waals surface area contributed by atoms with Crippen LogP contribution in [0.15, 0.2) is 48.7 Å². The van der Waals surface area contributed by atoms with Gasteiger partial charge in [-0.1, -0.05) is 29.8 Å². The van der Waals surface area contributed by atoms with Gasteiger partial charge >= 0.3 is 5.97 Å². The van der Waals surface area contributed by atoms with Crippen LogP contribution in [0.25, 0.3) is 0 Å². The fourth-order valence-electron chi connectivity index (χ4n) is 1.84. The van der Waals surface area contributed by atoms with E-state index in [-0.39, 0.29) is 12.3 Å². The number of carbonyl (C=O) groups is 1. The minimum absolute atomic E-state index is 0.0125. The highest BCUT2D eigenvalue weighted by molar-refractivity contribution is 6.30. The first-order valence-corrected chi connectivity index (χ1v) is 5.93. The van der Waals surface area contributed by atoms with Crippen LogP contribution in [0.3, 0.4) is 0 Å². The minimum Gasteiger partial charge on any atom is -0.481 e. The summed E-state index contributed by atoms with van der Waals surface area (Å²) < 4.78 is 0. The molecule has 18 heavy (non-hydrogen) atoms. The van der Waals surface area contributed by atoms with Crippen molar-refractivity contribution in [1.29, 1.82) is 0 Å². The molecule has 1 aromatic heterocycles. The summed E-state index contributed by atoms with van der Waals surface area (Å²) in [5, 5.41) is 9.64. The highest BCUT2D eigenvalue weighted by Gasteiger charge is 2.18. The van der Waals surface area contributed by atoms with E-state index in [0.29, 0.717) is 5.02 Å². The van der Waals surface area contributed by atoms with Gasteiger partial charge in [0.1, 0.15) is 0 Å². The average molecular weight is 262 g/mol. The molecule has 0 aliphatic rings. The Kier molecular flexibility index (Phi) is 3.95. The largest absolute Gasteiger partial charge is 0.481 e. The summed E-state index contributed by atoms with van der Waals surface area (Å²) in [6.07, 6.45) is 1.68. The van der Waals surface area contributed by atoms with Gasteiger partial charge < -0.3 is 5.11 Å². The van der Waals surface area contributed by atoms with Crippen LogP contribution in [0.2, 0.25) is 5.02 Å². The lowest BCUT2D eigenvalue weighted by Crippen LogP contribution is -2.09. The van der Waals surface area contributed by atoms with Crippen molar-refractivity contribution in [3.63, 3.8) is 0 Å². The van der Waals surface area contributed by atoms with Crippen molar-refractivity contribution in [2.45, 2.75) is 12.3 Å². The van der Waals surface area contributed by atoms with Gasteiger partial charge in [0.05, 0.1) is 6.42 Å². The van der Waals surface area contributed by atoms with Crippen LogP contribution in [-0.4, -0.2) is 16.1 Å². The van der Waals surface area contributed by atoms with Gasteiger partial charge in [0.25, 0.3) is 0 Å². The second-order valence-electron chi connectivity index (χ2n) is 3.96. The number of hydrogen-bond acceptors (Lipinski definition) is 2. The lowest BCUT2D eigenvalue weighted by atomic mass is 9.92. The number of carboxylic acids is 1. The maximum atomic E-state index is 11.0. The van der Waals surface area contributed by atoms with Crippen molar-refractivity contribution in [3.8, 4) is 0 Å². The Labute approximate surface area is 110 Å². The summed E-state index contributed by atoms with van der Waals surface area (Å²) in [7, 11) is 0. The first kappa shape index (κ1) is 12.6. The van der Waals surface area contributed by atoms with Gasteiger partial charge in [0.2, 0.25) is 0 Å². The van der Waals surface area contributed by atoms with Gasteiger partial charge in [-0.05, 0) is 29.8 Å². The molecule has 1 aromatic carbocycles. The molecule has 0 aliphatic heterocycles. The van der Waals surface area contributed by atoms with E-state index >= 15 is 0 Å². The van der Waals surface area contributed by atoms with E-state index in [2.05, 4.69) is 4.98 Å². The molecule has 0 bridgehead atoms. The van der Waals surface area contributed by atoms with Crippen molar-refractivity contribution in [2.75, 3.05) is 0 Å². The number of benzene rings is 1. The average Bonchev–Trinajstić information content (AvgIpc) is 2.38. The van der Waals surface area contributed by atoms with E-state index in [9.17, 15) is 4.79 Å². The molecular formula is C14H12ClNO2. The third kappa shape index (κ3) is 3.08. The Balaban J connectivity index is 2.36. The number of aromatic nitrogens is 1. The molecule has 3 nitrogen and oxygen atoms in total. The summed E-state index contributed by atoms with van der Waals surface area (Å²) in [5.41, 5.74) is 1.66. The van der Waals surface area contributed by atoms with E-state index in [1.54, 1.807) is 18.3 Å². The SMILES string of the molecule is O=C(O)CC(c1ccc(Cl)cc1)c1ccccn1. The lowest BCUT2D eigenvalue weighted by Gasteiger charge is -2.14. The van der Waals surface area contributed by atoms with Gasteiger partial charge in [0.15, 0.2) is 0 Å². The first-order chi connectivity index (χ1) is 8.66. The smallest absolute Gasteiger partial charge is 0.304 e. The summed E-state index contributed by atoms with van der Waals surface area (Å²) >= 11 is 5.84. The zero-order valence-corrected chi connectivity index (χ0v) is 10.3. The normalized spacial score (nSPS) is 12.1. The molecule has 1 atom stereocenters. The molecule has 0 saturated carbocycles. The van der Waals surface area contributed by atoms with Crippen LogP contribution in [0.4, 0.5) is 0 Å². The summed E-state index contributed by atoms with van der Waals surface area (Å²) in [6, 6.07) is 12.7. The zero-order chi connectivity index (χ0) is 13.0. The van der Waals surface area contributed by atoms with E-state index in [1.165, 1.54) is 0 Å². The molecule has 0 fully saturated rings. The Morgan fingerprint density at radius 2 is 1.94 bits per heavy atom. The summed E-state index contributed by atoms with van der Waals surface area (Å²) in [4.78, 5) is 15.2. The minimum atomic E-state index is -0.847. The van der Waals surface area contributed by atoms with E-state index in [4.69, 9.17) is 16.7 Å². The maximum Gasteiger partial charge on any atom is 0.304 e. The summed E-state index contributed by atoms with van der Waals surface area (Å²) in [5.74, 6) is -1.10. The number of rotatable bonds is 4. The molecule has 1 unspecified atom stereocenters. The summed E-state index contributed by atoms with van der Waals surface area (Å²) in [6.45, 7) is 0. The molecule has 4 heteroatoms. The topological polar surface area (TPSA) is 50.2 Å².